The summed E-state index contributed by atoms with van der Waals surface area (Å²) in [7, 11) is 0. The Bertz CT molecular complexity index is 141. The van der Waals surface area contributed by atoms with Crippen molar-refractivity contribution in [3.05, 3.63) is 12.2 Å². The van der Waals surface area contributed by atoms with E-state index in [1.54, 1.807) is 0 Å². The molecule has 0 radical (unpaired) electrons. The van der Waals surface area contributed by atoms with Crippen molar-refractivity contribution < 1.29 is 4.79 Å². The molecule has 0 heterocycles. The molecular weight excluding hydrogens is 150 g/mol. The molecule has 0 bridgehead atoms. The number of carbonyl (C=O) groups is 1. The Morgan fingerprint density at radius 2 is 2.00 bits per heavy atom. The molecule has 0 aliphatic rings. The van der Waals surface area contributed by atoms with Gasteiger partial charge in [-0.2, -0.15) is 0 Å². The lowest BCUT2D eigenvalue weighted by molar-refractivity contribution is -0.118. The van der Waals surface area contributed by atoms with Crippen LogP contribution in [0.5, 0.6) is 0 Å². The molecule has 0 spiro atoms. The predicted octanol–water partition coefficient (Wildman–Crippen LogP) is 2.39. The number of hydrogen-bond acceptors (Lipinski definition) is 1. The Morgan fingerprint density at radius 1 is 1.25 bits per heavy atom. The van der Waals surface area contributed by atoms with Gasteiger partial charge in [0.05, 0.1) is 0 Å². The van der Waals surface area contributed by atoms with Crippen LogP contribution in [0.2, 0.25) is 0 Å². The Balaban J connectivity index is 3.00. The highest BCUT2D eigenvalue weighted by molar-refractivity contribution is 5.73. The smallest absolute Gasteiger partial charge is 0.217 e. The van der Waals surface area contributed by atoms with Crippen molar-refractivity contribution in [3.63, 3.8) is 0 Å². The molecule has 2 N–H and O–H groups in total. The van der Waals surface area contributed by atoms with Gasteiger partial charge in [0.25, 0.3) is 0 Å². The van der Waals surface area contributed by atoms with E-state index < -0.39 is 0 Å². The minimum absolute atomic E-state index is 0.181. The number of rotatable bonds is 7. The molecule has 0 rings (SSSR count). The zero-order valence-corrected chi connectivity index (χ0v) is 7.88. The molecule has 0 aliphatic heterocycles. The molecule has 1 amide bonds. The van der Waals surface area contributed by atoms with Gasteiger partial charge in [-0.3, -0.25) is 4.79 Å². The van der Waals surface area contributed by atoms with Crippen LogP contribution < -0.4 is 5.73 Å². The van der Waals surface area contributed by atoms with E-state index in [2.05, 4.69) is 19.1 Å². The standard InChI is InChI=1S/C10H19NO/c1-2-3-4-5-6-7-8-9-10(11)12/h3-4H,2,5-9H2,1H3,(H2,11,12). The van der Waals surface area contributed by atoms with Crippen LogP contribution >= 0.6 is 0 Å². The average Bonchev–Trinajstić information content (AvgIpc) is 2.02. The summed E-state index contributed by atoms with van der Waals surface area (Å²) in [6.07, 6.45) is 10.4. The fourth-order valence-corrected chi connectivity index (χ4v) is 1.02. The second-order valence-electron chi connectivity index (χ2n) is 2.95. The van der Waals surface area contributed by atoms with Gasteiger partial charge in [0.2, 0.25) is 5.91 Å². The highest BCUT2D eigenvalue weighted by Crippen LogP contribution is 2.03. The molecule has 0 aromatic heterocycles. The van der Waals surface area contributed by atoms with Gasteiger partial charge in [0.15, 0.2) is 0 Å². The lowest BCUT2D eigenvalue weighted by atomic mass is 10.1. The summed E-state index contributed by atoms with van der Waals surface area (Å²) in [5, 5.41) is 0. The molecule has 0 saturated carbocycles. The van der Waals surface area contributed by atoms with Gasteiger partial charge in [-0.25, -0.2) is 0 Å². The first-order valence-electron chi connectivity index (χ1n) is 4.70. The van der Waals surface area contributed by atoms with Crippen molar-refractivity contribution in [1.29, 1.82) is 0 Å². The minimum atomic E-state index is -0.181. The van der Waals surface area contributed by atoms with Crippen LogP contribution in [0.3, 0.4) is 0 Å². The van der Waals surface area contributed by atoms with E-state index >= 15 is 0 Å². The van der Waals surface area contributed by atoms with Gasteiger partial charge in [-0.1, -0.05) is 25.5 Å². The molecule has 2 nitrogen and oxygen atoms in total. The third-order valence-electron chi connectivity index (χ3n) is 1.70. The Morgan fingerprint density at radius 3 is 2.58 bits per heavy atom. The monoisotopic (exact) mass is 169 g/mol. The first-order valence-corrected chi connectivity index (χ1v) is 4.70. The maximum Gasteiger partial charge on any atom is 0.217 e. The van der Waals surface area contributed by atoms with E-state index in [1.165, 1.54) is 6.42 Å². The van der Waals surface area contributed by atoms with Crippen molar-refractivity contribution in [3.8, 4) is 0 Å². The number of carbonyl (C=O) groups excluding carboxylic acids is 1. The maximum absolute atomic E-state index is 10.3. The van der Waals surface area contributed by atoms with Crippen LogP contribution in [0.4, 0.5) is 0 Å². The first-order chi connectivity index (χ1) is 5.77. The Labute approximate surface area is 74.8 Å². The van der Waals surface area contributed by atoms with Crippen LogP contribution in [0, 0.1) is 0 Å². The summed E-state index contributed by atoms with van der Waals surface area (Å²) < 4.78 is 0. The molecule has 70 valence electrons. The van der Waals surface area contributed by atoms with E-state index in [-0.39, 0.29) is 5.91 Å². The molecule has 0 aliphatic carbocycles. The normalized spacial score (nSPS) is 10.8. The summed E-state index contributed by atoms with van der Waals surface area (Å²) in [5.41, 5.74) is 5.00. The second kappa shape index (κ2) is 8.31. The third kappa shape index (κ3) is 9.21. The van der Waals surface area contributed by atoms with Crippen molar-refractivity contribution in [2.24, 2.45) is 5.73 Å². The number of hydrogen-bond donors (Lipinski definition) is 1. The minimum Gasteiger partial charge on any atom is -0.370 e. The lowest BCUT2D eigenvalue weighted by Crippen LogP contribution is -2.09. The van der Waals surface area contributed by atoms with Gasteiger partial charge >= 0.3 is 0 Å². The van der Waals surface area contributed by atoms with E-state index in [9.17, 15) is 4.79 Å². The van der Waals surface area contributed by atoms with E-state index in [1.807, 2.05) is 0 Å². The number of allylic oxidation sites excluding steroid dienone is 2. The summed E-state index contributed by atoms with van der Waals surface area (Å²) in [5.74, 6) is -0.181. The van der Waals surface area contributed by atoms with Crippen LogP contribution in [0.15, 0.2) is 12.2 Å². The first kappa shape index (κ1) is 11.2. The van der Waals surface area contributed by atoms with E-state index in [4.69, 9.17) is 5.73 Å². The summed E-state index contributed by atoms with van der Waals surface area (Å²) in [4.78, 5) is 10.3. The summed E-state index contributed by atoms with van der Waals surface area (Å²) in [6, 6.07) is 0. The van der Waals surface area contributed by atoms with Gasteiger partial charge in [0, 0.05) is 6.42 Å². The van der Waals surface area contributed by atoms with Gasteiger partial charge in [-0.15, -0.1) is 0 Å². The second-order valence-corrected chi connectivity index (χ2v) is 2.95. The molecule has 0 aromatic rings. The topological polar surface area (TPSA) is 43.1 Å². The molecule has 0 atom stereocenters. The number of nitrogens with two attached hydrogens (primary N) is 1. The van der Waals surface area contributed by atoms with Crippen molar-refractivity contribution >= 4 is 5.91 Å². The maximum atomic E-state index is 10.3. The molecule has 0 saturated heterocycles. The number of unbranched alkanes of at least 4 members (excludes halogenated alkanes) is 3. The van der Waals surface area contributed by atoms with Crippen LogP contribution in [-0.4, -0.2) is 5.91 Å². The van der Waals surface area contributed by atoms with E-state index in [0.717, 1.165) is 25.7 Å². The Hall–Kier alpha value is -0.790. The molecule has 12 heavy (non-hydrogen) atoms. The van der Waals surface area contributed by atoms with Gasteiger partial charge in [0.1, 0.15) is 0 Å². The third-order valence-corrected chi connectivity index (χ3v) is 1.70. The highest BCUT2D eigenvalue weighted by Gasteiger charge is 1.92. The van der Waals surface area contributed by atoms with Gasteiger partial charge < -0.3 is 5.73 Å². The van der Waals surface area contributed by atoms with E-state index in [0.29, 0.717) is 6.42 Å². The zero-order valence-electron chi connectivity index (χ0n) is 7.88. The number of amides is 1. The predicted molar refractivity (Wildman–Crippen MR) is 51.7 cm³/mol. The molecule has 0 fully saturated rings. The molecule has 0 unspecified atom stereocenters. The number of primary amides is 1. The lowest BCUT2D eigenvalue weighted by Gasteiger charge is -1.95. The van der Waals surface area contributed by atoms with Gasteiger partial charge in [-0.05, 0) is 25.7 Å². The quantitative estimate of drug-likeness (QED) is 0.461. The molecule has 2 heteroatoms. The zero-order chi connectivity index (χ0) is 9.23. The fourth-order valence-electron chi connectivity index (χ4n) is 1.02. The summed E-state index contributed by atoms with van der Waals surface area (Å²) >= 11 is 0. The van der Waals surface area contributed by atoms with Crippen LogP contribution in [0.25, 0.3) is 0 Å². The summed E-state index contributed by atoms with van der Waals surface area (Å²) in [6.45, 7) is 2.13. The largest absolute Gasteiger partial charge is 0.370 e. The van der Waals surface area contributed by atoms with Crippen LogP contribution in [0.1, 0.15) is 45.4 Å². The SMILES string of the molecule is CCC=CCCCCCC(N)=O. The van der Waals surface area contributed by atoms with Crippen LogP contribution in [-0.2, 0) is 4.79 Å². The highest BCUT2D eigenvalue weighted by atomic mass is 16.1. The van der Waals surface area contributed by atoms with Crippen molar-refractivity contribution in [2.45, 2.75) is 45.4 Å². The molecular formula is C10H19NO. The van der Waals surface area contributed by atoms with Crippen molar-refractivity contribution in [2.75, 3.05) is 0 Å². The van der Waals surface area contributed by atoms with Crippen molar-refractivity contribution in [1.82, 2.24) is 0 Å². The molecule has 0 aromatic carbocycles. The Kier molecular flexibility index (Phi) is 7.76. The fraction of sp³-hybridized carbons (Fsp3) is 0.700. The average molecular weight is 169 g/mol.